The molecule has 0 atom stereocenters. The van der Waals surface area contributed by atoms with Gasteiger partial charge in [-0.05, 0) is 12.1 Å². The lowest BCUT2D eigenvalue weighted by molar-refractivity contribution is 0.408. The number of nitrogens with zero attached hydrogens (tertiary/aromatic N) is 4. The van der Waals surface area contributed by atoms with Crippen molar-refractivity contribution >= 4 is 17.0 Å². The topological polar surface area (TPSA) is 82.8 Å². The van der Waals surface area contributed by atoms with Crippen LogP contribution in [0.1, 0.15) is 5.82 Å². The van der Waals surface area contributed by atoms with Gasteiger partial charge >= 0.3 is 0 Å². The number of anilines is 1. The van der Waals surface area contributed by atoms with Crippen LogP contribution in [0.4, 0.5) is 14.7 Å². The minimum absolute atomic E-state index is 0.0164. The van der Waals surface area contributed by atoms with E-state index < -0.39 is 11.6 Å². The molecule has 0 aliphatic carbocycles. The Morgan fingerprint density at radius 1 is 1.33 bits per heavy atom. The van der Waals surface area contributed by atoms with Crippen LogP contribution in [0.15, 0.2) is 23.0 Å². The summed E-state index contributed by atoms with van der Waals surface area (Å²) in [5.41, 5.74) is 5.92. The monoisotopic (exact) mass is 251 g/mol. The van der Waals surface area contributed by atoms with Crippen LogP contribution in [0.3, 0.4) is 0 Å². The van der Waals surface area contributed by atoms with Crippen LogP contribution in [0.2, 0.25) is 0 Å². The summed E-state index contributed by atoms with van der Waals surface area (Å²) < 4.78 is 32.8. The predicted octanol–water partition coefficient (Wildman–Crippen LogP) is 1.33. The molecule has 0 spiro atoms. The number of hydrogen-bond acceptors (Lipinski definition) is 5. The summed E-state index contributed by atoms with van der Waals surface area (Å²) in [6.45, 7) is 0.0548. The maximum absolute atomic E-state index is 13.7. The van der Waals surface area contributed by atoms with E-state index in [1.165, 1.54) is 10.6 Å². The van der Waals surface area contributed by atoms with Gasteiger partial charge in [-0.25, -0.2) is 13.8 Å². The fraction of sp³-hybridized carbons (Fsp3) is 0.100. The first-order chi connectivity index (χ1) is 8.66. The first-order valence-corrected chi connectivity index (χ1v) is 5.02. The Balaban J connectivity index is 2.21. The van der Waals surface area contributed by atoms with Crippen molar-refractivity contribution in [3.63, 3.8) is 0 Å². The van der Waals surface area contributed by atoms with Gasteiger partial charge in [0, 0.05) is 0 Å². The standard InChI is InChI=1S/C10H7F2N5O/c11-5-1-2-6-9(8(5)12)17(10(13)15-6)3-7-14-4-18-16-7/h1-2,4H,3H2,(H2,13,15). The first-order valence-electron chi connectivity index (χ1n) is 5.02. The van der Waals surface area contributed by atoms with Gasteiger partial charge in [-0.3, -0.25) is 0 Å². The van der Waals surface area contributed by atoms with Gasteiger partial charge in [-0.2, -0.15) is 4.98 Å². The minimum Gasteiger partial charge on any atom is -0.369 e. The second-order valence-corrected chi connectivity index (χ2v) is 3.63. The Hall–Kier alpha value is -2.51. The van der Waals surface area contributed by atoms with E-state index >= 15 is 0 Å². The Morgan fingerprint density at radius 2 is 2.17 bits per heavy atom. The largest absolute Gasteiger partial charge is 0.369 e. The highest BCUT2D eigenvalue weighted by Gasteiger charge is 2.17. The number of rotatable bonds is 2. The van der Waals surface area contributed by atoms with E-state index in [0.717, 1.165) is 12.5 Å². The SMILES string of the molecule is Nc1nc2ccc(F)c(F)c2n1Cc1ncon1. The molecule has 2 N–H and O–H groups in total. The predicted molar refractivity (Wildman–Crippen MR) is 57.5 cm³/mol. The number of fused-ring (bicyclic) bond motifs is 1. The Kier molecular flexibility index (Phi) is 2.22. The third kappa shape index (κ3) is 1.50. The van der Waals surface area contributed by atoms with Crippen molar-refractivity contribution in [1.29, 1.82) is 0 Å². The van der Waals surface area contributed by atoms with E-state index in [0.29, 0.717) is 5.82 Å². The van der Waals surface area contributed by atoms with E-state index in [9.17, 15) is 8.78 Å². The van der Waals surface area contributed by atoms with Crippen molar-refractivity contribution in [2.45, 2.75) is 6.54 Å². The Morgan fingerprint density at radius 3 is 2.89 bits per heavy atom. The summed E-state index contributed by atoms with van der Waals surface area (Å²) in [7, 11) is 0. The van der Waals surface area contributed by atoms with Gasteiger partial charge in [0.25, 0.3) is 0 Å². The summed E-state index contributed by atoms with van der Waals surface area (Å²) >= 11 is 0. The zero-order valence-electron chi connectivity index (χ0n) is 8.97. The third-order valence-electron chi connectivity index (χ3n) is 2.54. The molecule has 0 saturated carbocycles. The molecule has 92 valence electrons. The van der Waals surface area contributed by atoms with Crippen LogP contribution in [0.5, 0.6) is 0 Å². The molecule has 8 heteroatoms. The highest BCUT2D eigenvalue weighted by Crippen LogP contribution is 2.23. The number of halogens is 2. The van der Waals surface area contributed by atoms with E-state index in [1.807, 2.05) is 0 Å². The van der Waals surface area contributed by atoms with E-state index in [-0.39, 0.29) is 23.5 Å². The van der Waals surface area contributed by atoms with Gasteiger partial charge in [0.15, 0.2) is 17.5 Å². The summed E-state index contributed by atoms with van der Waals surface area (Å²) in [5, 5.41) is 3.58. The number of aromatic nitrogens is 4. The molecule has 0 saturated heterocycles. The van der Waals surface area contributed by atoms with Crippen molar-refractivity contribution in [3.05, 3.63) is 36.0 Å². The van der Waals surface area contributed by atoms with Crippen molar-refractivity contribution in [1.82, 2.24) is 19.7 Å². The zero-order valence-corrected chi connectivity index (χ0v) is 8.97. The summed E-state index contributed by atoms with van der Waals surface area (Å²) in [6, 6.07) is 2.36. The van der Waals surface area contributed by atoms with Crippen LogP contribution < -0.4 is 5.73 Å². The molecule has 0 aliphatic heterocycles. The highest BCUT2D eigenvalue weighted by molar-refractivity contribution is 5.79. The van der Waals surface area contributed by atoms with Gasteiger partial charge in [0.2, 0.25) is 12.3 Å². The molecular weight excluding hydrogens is 244 g/mol. The van der Waals surface area contributed by atoms with Crippen LogP contribution >= 0.6 is 0 Å². The average Bonchev–Trinajstić information content (AvgIpc) is 2.94. The lowest BCUT2D eigenvalue weighted by Crippen LogP contribution is -2.07. The Labute approximate surface area is 99.0 Å². The fourth-order valence-corrected chi connectivity index (χ4v) is 1.74. The maximum Gasteiger partial charge on any atom is 0.213 e. The molecule has 0 bridgehead atoms. The van der Waals surface area contributed by atoms with Gasteiger partial charge in [0.1, 0.15) is 5.52 Å². The minimum atomic E-state index is -1.000. The molecule has 0 aliphatic rings. The molecule has 2 heterocycles. The molecule has 1 aromatic carbocycles. The molecule has 0 radical (unpaired) electrons. The third-order valence-corrected chi connectivity index (χ3v) is 2.54. The normalized spacial score (nSPS) is 11.2. The molecule has 2 aromatic heterocycles. The van der Waals surface area contributed by atoms with Gasteiger partial charge in [-0.1, -0.05) is 5.16 Å². The van der Waals surface area contributed by atoms with Gasteiger partial charge in [0.05, 0.1) is 12.1 Å². The van der Waals surface area contributed by atoms with Crippen LogP contribution in [0.25, 0.3) is 11.0 Å². The van der Waals surface area contributed by atoms with E-state index in [2.05, 4.69) is 19.6 Å². The van der Waals surface area contributed by atoms with Crippen LogP contribution in [-0.2, 0) is 6.54 Å². The van der Waals surface area contributed by atoms with Crippen LogP contribution in [-0.4, -0.2) is 19.7 Å². The number of nitrogen functional groups attached to an aromatic ring is 1. The molecule has 0 fully saturated rings. The van der Waals surface area contributed by atoms with Gasteiger partial charge in [-0.15, -0.1) is 0 Å². The van der Waals surface area contributed by atoms with Crippen molar-refractivity contribution < 1.29 is 13.3 Å². The lowest BCUT2D eigenvalue weighted by atomic mass is 10.3. The van der Waals surface area contributed by atoms with Crippen molar-refractivity contribution in [2.75, 3.05) is 5.73 Å². The number of imidazole rings is 1. The van der Waals surface area contributed by atoms with Gasteiger partial charge < -0.3 is 14.8 Å². The molecule has 18 heavy (non-hydrogen) atoms. The lowest BCUT2D eigenvalue weighted by Gasteiger charge is -2.03. The first kappa shape index (κ1) is 10.6. The van der Waals surface area contributed by atoms with Crippen molar-refractivity contribution in [2.24, 2.45) is 0 Å². The molecular formula is C10H7F2N5O. The van der Waals surface area contributed by atoms with E-state index in [1.54, 1.807) is 0 Å². The smallest absolute Gasteiger partial charge is 0.213 e. The van der Waals surface area contributed by atoms with E-state index in [4.69, 9.17) is 5.73 Å². The summed E-state index contributed by atoms with van der Waals surface area (Å²) in [5.74, 6) is -1.61. The molecule has 0 amide bonds. The highest BCUT2D eigenvalue weighted by atomic mass is 19.2. The number of benzene rings is 1. The Bertz CT molecular complexity index is 707. The number of hydrogen-bond donors (Lipinski definition) is 1. The molecule has 3 aromatic rings. The molecule has 3 rings (SSSR count). The molecule has 0 unspecified atom stereocenters. The summed E-state index contributed by atoms with van der Waals surface area (Å²) in [6.07, 6.45) is 1.14. The maximum atomic E-state index is 13.7. The average molecular weight is 251 g/mol. The quantitative estimate of drug-likeness (QED) is 0.742. The zero-order chi connectivity index (χ0) is 12.7. The fourth-order valence-electron chi connectivity index (χ4n) is 1.74. The second-order valence-electron chi connectivity index (χ2n) is 3.63. The second kappa shape index (κ2) is 3.76. The van der Waals surface area contributed by atoms with Crippen LogP contribution in [0, 0.1) is 11.6 Å². The molecule has 6 nitrogen and oxygen atoms in total. The summed E-state index contributed by atoms with van der Waals surface area (Å²) in [4.78, 5) is 7.74. The number of nitrogens with two attached hydrogens (primary N) is 1. The van der Waals surface area contributed by atoms with Crippen molar-refractivity contribution in [3.8, 4) is 0 Å².